The molecular weight excluding hydrogens is 100 g/mol. The van der Waals surface area contributed by atoms with Gasteiger partial charge in [-0.2, -0.15) is 0 Å². The van der Waals surface area contributed by atoms with E-state index in [1.165, 1.54) is 0 Å². The SMILES string of the molecule is Cc1[c]cc(O)cc1. The van der Waals surface area contributed by atoms with Gasteiger partial charge in [0, 0.05) is 0 Å². The zero-order valence-electron chi connectivity index (χ0n) is 4.68. The van der Waals surface area contributed by atoms with Crippen LogP contribution in [0.5, 0.6) is 5.75 Å². The molecule has 1 heteroatoms. The van der Waals surface area contributed by atoms with Gasteiger partial charge in [0.05, 0.1) is 0 Å². The predicted molar refractivity (Wildman–Crippen MR) is 31.7 cm³/mol. The third-order valence-corrected chi connectivity index (χ3v) is 0.952. The smallest absolute Gasteiger partial charge is 0.116 e. The summed E-state index contributed by atoms with van der Waals surface area (Å²) in [4.78, 5) is 0. The zero-order valence-corrected chi connectivity index (χ0v) is 4.68. The molecule has 0 saturated heterocycles. The zero-order chi connectivity index (χ0) is 5.98. The molecule has 0 atom stereocenters. The Kier molecular flexibility index (Phi) is 1.20. The van der Waals surface area contributed by atoms with Crippen molar-refractivity contribution >= 4 is 0 Å². The van der Waals surface area contributed by atoms with Crippen molar-refractivity contribution in [3.63, 3.8) is 0 Å². The second-order valence-electron chi connectivity index (χ2n) is 1.73. The fraction of sp³-hybridized carbons (Fsp3) is 0.143. The van der Waals surface area contributed by atoms with Crippen molar-refractivity contribution in [2.75, 3.05) is 0 Å². The number of benzene rings is 1. The fourth-order valence-electron chi connectivity index (χ4n) is 0.494. The van der Waals surface area contributed by atoms with Crippen LogP contribution in [0, 0.1) is 13.0 Å². The highest BCUT2D eigenvalue weighted by Gasteiger charge is 1.82. The summed E-state index contributed by atoms with van der Waals surface area (Å²) in [5.41, 5.74) is 1.04. The molecule has 0 fully saturated rings. The van der Waals surface area contributed by atoms with E-state index in [2.05, 4.69) is 6.07 Å². The summed E-state index contributed by atoms with van der Waals surface area (Å²) >= 11 is 0. The summed E-state index contributed by atoms with van der Waals surface area (Å²) in [6, 6.07) is 7.86. The van der Waals surface area contributed by atoms with E-state index < -0.39 is 0 Å². The number of aromatic hydroxyl groups is 1. The van der Waals surface area contributed by atoms with Crippen LogP contribution < -0.4 is 0 Å². The van der Waals surface area contributed by atoms with Gasteiger partial charge in [0.25, 0.3) is 0 Å². The lowest BCUT2D eigenvalue weighted by Gasteiger charge is -1.88. The summed E-state index contributed by atoms with van der Waals surface area (Å²) in [7, 11) is 0. The molecule has 41 valence electrons. The minimum absolute atomic E-state index is 0.274. The van der Waals surface area contributed by atoms with Crippen LogP contribution in [0.25, 0.3) is 0 Å². The molecule has 0 aliphatic rings. The lowest BCUT2D eigenvalue weighted by molar-refractivity contribution is 0.475. The van der Waals surface area contributed by atoms with Crippen molar-refractivity contribution in [2.24, 2.45) is 0 Å². The quantitative estimate of drug-likeness (QED) is 0.532. The van der Waals surface area contributed by atoms with Crippen LogP contribution >= 0.6 is 0 Å². The molecule has 8 heavy (non-hydrogen) atoms. The molecule has 0 aliphatic carbocycles. The molecule has 0 aromatic heterocycles. The Morgan fingerprint density at radius 3 is 2.62 bits per heavy atom. The summed E-state index contributed by atoms with van der Waals surface area (Å²) in [6.45, 7) is 1.93. The molecule has 0 bridgehead atoms. The van der Waals surface area contributed by atoms with E-state index in [1.807, 2.05) is 13.0 Å². The number of aryl methyl sites for hydroxylation is 1. The van der Waals surface area contributed by atoms with Gasteiger partial charge in [-0.3, -0.25) is 0 Å². The van der Waals surface area contributed by atoms with Gasteiger partial charge in [0.15, 0.2) is 0 Å². The number of phenolic OH excluding ortho intramolecular Hbond substituents is 1. The maximum absolute atomic E-state index is 8.73. The van der Waals surface area contributed by atoms with E-state index in [9.17, 15) is 0 Å². The van der Waals surface area contributed by atoms with E-state index in [0.29, 0.717) is 0 Å². The Hall–Kier alpha value is -0.980. The topological polar surface area (TPSA) is 20.2 Å². The lowest BCUT2D eigenvalue weighted by atomic mass is 10.2. The molecule has 1 nitrogen and oxygen atoms in total. The summed E-state index contributed by atoms with van der Waals surface area (Å²) in [5.74, 6) is 0.274. The van der Waals surface area contributed by atoms with Crippen LogP contribution in [0.4, 0.5) is 0 Å². The Bertz CT molecular complexity index is 143. The van der Waals surface area contributed by atoms with E-state index in [-0.39, 0.29) is 5.75 Å². The molecule has 0 saturated carbocycles. The van der Waals surface area contributed by atoms with Crippen LogP contribution in [-0.4, -0.2) is 5.11 Å². The van der Waals surface area contributed by atoms with Gasteiger partial charge in [0.1, 0.15) is 5.75 Å². The molecule has 1 radical (unpaired) electrons. The number of rotatable bonds is 0. The average Bonchev–Trinajstić information content (AvgIpc) is 1.77. The Balaban J connectivity index is 3.03. The summed E-state index contributed by atoms with van der Waals surface area (Å²) in [6.07, 6.45) is 0. The molecule has 0 spiro atoms. The van der Waals surface area contributed by atoms with Gasteiger partial charge >= 0.3 is 0 Å². The number of hydrogen-bond acceptors (Lipinski definition) is 1. The summed E-state index contributed by atoms with van der Waals surface area (Å²) in [5, 5.41) is 8.73. The second-order valence-corrected chi connectivity index (χ2v) is 1.73. The first-order valence-corrected chi connectivity index (χ1v) is 2.46. The molecule has 1 rings (SSSR count). The monoisotopic (exact) mass is 107 g/mol. The van der Waals surface area contributed by atoms with Crippen molar-refractivity contribution in [1.29, 1.82) is 0 Å². The molecule has 0 aliphatic heterocycles. The first-order chi connectivity index (χ1) is 3.79. The normalized spacial score (nSPS) is 9.12. The molecule has 0 amide bonds. The molecule has 0 heterocycles. The van der Waals surface area contributed by atoms with Crippen LogP contribution in [-0.2, 0) is 0 Å². The Morgan fingerprint density at radius 2 is 2.25 bits per heavy atom. The van der Waals surface area contributed by atoms with Gasteiger partial charge in [-0.15, -0.1) is 0 Å². The minimum Gasteiger partial charge on any atom is -0.508 e. The van der Waals surface area contributed by atoms with Crippen molar-refractivity contribution in [3.8, 4) is 5.75 Å². The average molecular weight is 107 g/mol. The molecule has 1 aromatic carbocycles. The van der Waals surface area contributed by atoms with Gasteiger partial charge in [-0.25, -0.2) is 0 Å². The number of phenols is 1. The largest absolute Gasteiger partial charge is 0.508 e. The number of hydrogen-bond donors (Lipinski definition) is 1. The second kappa shape index (κ2) is 1.86. The fourth-order valence-corrected chi connectivity index (χ4v) is 0.494. The highest BCUT2D eigenvalue weighted by Crippen LogP contribution is 2.06. The molecule has 1 N–H and O–H groups in total. The van der Waals surface area contributed by atoms with E-state index in [0.717, 1.165) is 5.56 Å². The highest BCUT2D eigenvalue weighted by molar-refractivity contribution is 5.23. The van der Waals surface area contributed by atoms with Crippen molar-refractivity contribution in [2.45, 2.75) is 6.92 Å². The first kappa shape index (κ1) is 5.16. The summed E-state index contributed by atoms with van der Waals surface area (Å²) < 4.78 is 0. The van der Waals surface area contributed by atoms with Gasteiger partial charge < -0.3 is 5.11 Å². The Morgan fingerprint density at radius 1 is 1.50 bits per heavy atom. The third-order valence-electron chi connectivity index (χ3n) is 0.952. The molecular formula is C7H7O. The van der Waals surface area contributed by atoms with Crippen LogP contribution in [0.2, 0.25) is 0 Å². The van der Waals surface area contributed by atoms with Gasteiger partial charge in [-0.05, 0) is 30.7 Å². The van der Waals surface area contributed by atoms with E-state index in [4.69, 9.17) is 5.11 Å². The van der Waals surface area contributed by atoms with Gasteiger partial charge in [0.2, 0.25) is 0 Å². The van der Waals surface area contributed by atoms with E-state index in [1.54, 1.807) is 12.1 Å². The highest BCUT2D eigenvalue weighted by atomic mass is 16.3. The van der Waals surface area contributed by atoms with Crippen molar-refractivity contribution < 1.29 is 5.11 Å². The van der Waals surface area contributed by atoms with Gasteiger partial charge in [-0.1, -0.05) is 6.07 Å². The van der Waals surface area contributed by atoms with Crippen molar-refractivity contribution in [3.05, 3.63) is 29.8 Å². The molecule has 0 unspecified atom stereocenters. The lowest BCUT2D eigenvalue weighted by Crippen LogP contribution is -1.67. The van der Waals surface area contributed by atoms with Crippen LogP contribution in [0.1, 0.15) is 5.56 Å². The third kappa shape index (κ3) is 0.997. The van der Waals surface area contributed by atoms with Crippen LogP contribution in [0.15, 0.2) is 18.2 Å². The molecule has 1 aromatic rings. The van der Waals surface area contributed by atoms with E-state index >= 15 is 0 Å². The van der Waals surface area contributed by atoms with Crippen molar-refractivity contribution in [1.82, 2.24) is 0 Å². The maximum Gasteiger partial charge on any atom is 0.116 e. The standard InChI is InChI=1S/C7H7O/c1-6-2-4-7(8)5-3-6/h2,4-5,8H,1H3. The minimum atomic E-state index is 0.274. The predicted octanol–water partition coefficient (Wildman–Crippen LogP) is 1.50. The first-order valence-electron chi connectivity index (χ1n) is 2.46. The Labute approximate surface area is 48.6 Å². The van der Waals surface area contributed by atoms with Crippen LogP contribution in [0.3, 0.4) is 0 Å². The maximum atomic E-state index is 8.73.